The van der Waals surface area contributed by atoms with Crippen molar-refractivity contribution >= 4 is 16.8 Å². The van der Waals surface area contributed by atoms with E-state index in [0.717, 1.165) is 24.0 Å². The Kier molecular flexibility index (Phi) is 6.86. The van der Waals surface area contributed by atoms with Crippen LogP contribution in [-0.4, -0.2) is 46.6 Å². The molecular weight excluding hydrogens is 442 g/mol. The molecule has 4 aromatic rings. The van der Waals surface area contributed by atoms with E-state index in [9.17, 15) is 9.59 Å². The van der Waals surface area contributed by atoms with Crippen LogP contribution in [-0.2, 0) is 16.1 Å². The Morgan fingerprint density at radius 3 is 2.63 bits per heavy atom. The summed E-state index contributed by atoms with van der Waals surface area (Å²) in [5.74, 6) is 0.880. The van der Waals surface area contributed by atoms with Gasteiger partial charge in [0.1, 0.15) is 11.6 Å². The van der Waals surface area contributed by atoms with Gasteiger partial charge in [-0.05, 0) is 36.6 Å². The van der Waals surface area contributed by atoms with E-state index in [1.165, 1.54) is 0 Å². The number of fused-ring (bicyclic) bond motifs is 1. The summed E-state index contributed by atoms with van der Waals surface area (Å²) in [5.41, 5.74) is 2.32. The molecule has 1 atom stereocenters. The second-order valence-corrected chi connectivity index (χ2v) is 8.59. The normalized spacial score (nSPS) is 15.3. The van der Waals surface area contributed by atoms with Crippen LogP contribution in [0.25, 0.3) is 22.0 Å². The summed E-state index contributed by atoms with van der Waals surface area (Å²) < 4.78 is 11.8. The zero-order valence-corrected chi connectivity index (χ0v) is 19.4. The molecule has 0 bridgehead atoms. The summed E-state index contributed by atoms with van der Waals surface area (Å²) in [6.45, 7) is 1.15. The fourth-order valence-electron chi connectivity index (χ4n) is 4.36. The van der Waals surface area contributed by atoms with Gasteiger partial charge >= 0.3 is 0 Å². The highest BCUT2D eigenvalue weighted by Gasteiger charge is 2.24. The van der Waals surface area contributed by atoms with E-state index < -0.39 is 0 Å². The van der Waals surface area contributed by atoms with Gasteiger partial charge in [0.25, 0.3) is 11.5 Å². The lowest BCUT2D eigenvalue weighted by atomic mass is 10.1. The molecule has 7 heteroatoms. The molecule has 1 fully saturated rings. The molecular formula is C28H27N3O4. The Balaban J connectivity index is 1.35. The fourth-order valence-corrected chi connectivity index (χ4v) is 4.36. The smallest absolute Gasteiger partial charge is 0.261 e. The van der Waals surface area contributed by atoms with Crippen LogP contribution in [0.2, 0.25) is 0 Å². The molecule has 3 aromatic carbocycles. The monoisotopic (exact) mass is 469 g/mol. The first-order valence-electron chi connectivity index (χ1n) is 11.8. The predicted octanol–water partition coefficient (Wildman–Crippen LogP) is 4.18. The highest BCUT2D eigenvalue weighted by atomic mass is 16.5. The average Bonchev–Trinajstić information content (AvgIpc) is 3.41. The fraction of sp³-hybridized carbons (Fsp3) is 0.250. The Morgan fingerprint density at radius 1 is 1.03 bits per heavy atom. The molecule has 0 unspecified atom stereocenters. The number of hydrogen-bond acceptors (Lipinski definition) is 5. The molecule has 1 aromatic heterocycles. The first kappa shape index (κ1) is 22.8. The average molecular weight is 470 g/mol. The van der Waals surface area contributed by atoms with Gasteiger partial charge in [-0.2, -0.15) is 0 Å². The molecule has 0 saturated carbocycles. The van der Waals surface area contributed by atoms with E-state index in [1.54, 1.807) is 23.1 Å². The SMILES string of the molecule is O=C(COc1ccccc1-c1ccccc1)N(Cc1nc2ccccc2c(=O)[nH]1)C[C@H]1CCCO1. The van der Waals surface area contributed by atoms with Crippen molar-refractivity contribution in [3.63, 3.8) is 0 Å². The molecule has 1 aliphatic heterocycles. The number of rotatable bonds is 8. The van der Waals surface area contributed by atoms with E-state index in [2.05, 4.69) is 9.97 Å². The Bertz CT molecular complexity index is 1360. The van der Waals surface area contributed by atoms with Gasteiger partial charge in [0.15, 0.2) is 6.61 Å². The molecule has 0 spiro atoms. The third-order valence-electron chi connectivity index (χ3n) is 6.13. The minimum atomic E-state index is -0.219. The molecule has 1 aliphatic rings. The standard InChI is InChI=1S/C28H27N3O4/c32-27(19-35-25-15-7-5-12-22(25)20-9-2-1-3-10-20)31(17-21-11-8-16-34-21)18-26-29-24-14-6-4-13-23(24)28(33)30-26/h1-7,9-10,12-15,21H,8,11,16-19H2,(H,29,30,33)/t21-/m1/s1. The number of nitrogens with zero attached hydrogens (tertiary/aromatic N) is 2. The largest absolute Gasteiger partial charge is 0.483 e. The number of aromatic nitrogens is 2. The molecule has 0 radical (unpaired) electrons. The van der Waals surface area contributed by atoms with E-state index in [4.69, 9.17) is 9.47 Å². The van der Waals surface area contributed by atoms with Crippen molar-refractivity contribution in [1.29, 1.82) is 0 Å². The minimum Gasteiger partial charge on any atom is -0.483 e. The first-order chi connectivity index (χ1) is 17.2. The Morgan fingerprint density at radius 2 is 1.80 bits per heavy atom. The Hall–Kier alpha value is -3.97. The van der Waals surface area contributed by atoms with Gasteiger partial charge in [-0.25, -0.2) is 4.98 Å². The number of carbonyl (C=O) groups excluding carboxylic acids is 1. The summed E-state index contributed by atoms with van der Waals surface area (Å²) in [7, 11) is 0. The third kappa shape index (κ3) is 5.41. The lowest BCUT2D eigenvalue weighted by Gasteiger charge is -2.25. The van der Waals surface area contributed by atoms with E-state index in [1.807, 2.05) is 60.7 Å². The number of hydrogen-bond donors (Lipinski definition) is 1. The Labute approximate surface area is 203 Å². The van der Waals surface area contributed by atoms with Crippen molar-refractivity contribution in [2.24, 2.45) is 0 Å². The number of benzene rings is 3. The van der Waals surface area contributed by atoms with Crippen LogP contribution in [0.1, 0.15) is 18.7 Å². The van der Waals surface area contributed by atoms with Gasteiger partial charge in [0.2, 0.25) is 0 Å². The van der Waals surface area contributed by atoms with Crippen LogP contribution in [0.5, 0.6) is 5.75 Å². The maximum absolute atomic E-state index is 13.3. The third-order valence-corrected chi connectivity index (χ3v) is 6.13. The molecule has 35 heavy (non-hydrogen) atoms. The molecule has 1 N–H and O–H groups in total. The highest BCUT2D eigenvalue weighted by Crippen LogP contribution is 2.29. The van der Waals surface area contributed by atoms with Crippen molar-refractivity contribution in [2.75, 3.05) is 19.8 Å². The molecule has 7 nitrogen and oxygen atoms in total. The van der Waals surface area contributed by atoms with Crippen LogP contribution in [0.3, 0.4) is 0 Å². The van der Waals surface area contributed by atoms with Crippen molar-refractivity contribution in [3.8, 4) is 16.9 Å². The summed E-state index contributed by atoms with van der Waals surface area (Å²) in [6.07, 6.45) is 1.82. The van der Waals surface area contributed by atoms with Gasteiger partial charge in [0.05, 0.1) is 23.6 Å². The van der Waals surface area contributed by atoms with Crippen LogP contribution in [0.4, 0.5) is 0 Å². The number of nitrogens with one attached hydrogen (secondary N) is 1. The van der Waals surface area contributed by atoms with Crippen LogP contribution in [0, 0.1) is 0 Å². The predicted molar refractivity (Wildman–Crippen MR) is 134 cm³/mol. The molecule has 1 saturated heterocycles. The maximum atomic E-state index is 13.3. The van der Waals surface area contributed by atoms with Gasteiger partial charge in [0, 0.05) is 18.7 Å². The zero-order chi connectivity index (χ0) is 24.0. The molecule has 1 amide bonds. The number of aromatic amines is 1. The summed E-state index contributed by atoms with van der Waals surface area (Å²) in [5, 5.41) is 0.522. The van der Waals surface area contributed by atoms with E-state index in [-0.39, 0.29) is 30.7 Å². The number of H-pyrrole nitrogens is 1. The molecule has 178 valence electrons. The summed E-state index contributed by atoms with van der Waals surface area (Å²) in [4.78, 5) is 34.9. The van der Waals surface area contributed by atoms with Crippen LogP contribution in [0.15, 0.2) is 83.7 Å². The number of ether oxygens (including phenoxy) is 2. The van der Waals surface area contributed by atoms with Crippen molar-refractivity contribution < 1.29 is 14.3 Å². The summed E-state index contributed by atoms with van der Waals surface area (Å²) in [6, 6.07) is 24.8. The van der Waals surface area contributed by atoms with E-state index >= 15 is 0 Å². The van der Waals surface area contributed by atoms with Crippen molar-refractivity contribution in [3.05, 3.63) is 95.0 Å². The lowest BCUT2D eigenvalue weighted by molar-refractivity contribution is -0.135. The van der Waals surface area contributed by atoms with Crippen molar-refractivity contribution in [1.82, 2.24) is 14.9 Å². The number of para-hydroxylation sites is 2. The van der Waals surface area contributed by atoms with Gasteiger partial charge < -0.3 is 19.4 Å². The zero-order valence-electron chi connectivity index (χ0n) is 19.4. The molecule has 0 aliphatic carbocycles. The van der Waals surface area contributed by atoms with Crippen LogP contribution >= 0.6 is 0 Å². The second-order valence-electron chi connectivity index (χ2n) is 8.59. The van der Waals surface area contributed by atoms with Gasteiger partial charge in [-0.3, -0.25) is 9.59 Å². The van der Waals surface area contributed by atoms with Gasteiger partial charge in [-0.1, -0.05) is 60.7 Å². The topological polar surface area (TPSA) is 84.5 Å². The maximum Gasteiger partial charge on any atom is 0.261 e. The first-order valence-corrected chi connectivity index (χ1v) is 11.8. The quantitative estimate of drug-likeness (QED) is 0.419. The molecule has 5 rings (SSSR count). The minimum absolute atomic E-state index is 0.0391. The van der Waals surface area contributed by atoms with Crippen LogP contribution < -0.4 is 10.3 Å². The van der Waals surface area contributed by atoms with Crippen molar-refractivity contribution in [2.45, 2.75) is 25.5 Å². The summed E-state index contributed by atoms with van der Waals surface area (Å²) >= 11 is 0. The van der Waals surface area contributed by atoms with Gasteiger partial charge in [-0.15, -0.1) is 0 Å². The molecule has 2 heterocycles. The number of carbonyl (C=O) groups is 1. The number of amides is 1. The van der Waals surface area contributed by atoms with E-state index in [0.29, 0.717) is 35.6 Å². The lowest BCUT2D eigenvalue weighted by Crippen LogP contribution is -2.40. The second kappa shape index (κ2) is 10.5. The highest BCUT2D eigenvalue weighted by molar-refractivity contribution is 5.79.